The fourth-order valence-corrected chi connectivity index (χ4v) is 2.76. The van der Waals surface area contributed by atoms with Crippen molar-refractivity contribution in [2.45, 2.75) is 38.9 Å². The van der Waals surface area contributed by atoms with Crippen LogP contribution in [0.2, 0.25) is 5.02 Å². The molecule has 0 saturated heterocycles. The molecule has 2 rings (SSSR count). The minimum Gasteiger partial charge on any atom is -0.488 e. The van der Waals surface area contributed by atoms with Gasteiger partial charge in [0.05, 0.1) is 12.0 Å². The van der Waals surface area contributed by atoms with Gasteiger partial charge in [-0.2, -0.15) is 0 Å². The molecule has 4 nitrogen and oxygen atoms in total. The minimum absolute atomic E-state index is 0.207. The first-order chi connectivity index (χ1) is 11.7. The van der Waals surface area contributed by atoms with Gasteiger partial charge >= 0.3 is 5.97 Å². The molecule has 2 aromatic carbocycles. The maximum absolute atomic E-state index is 11.6. The molecule has 0 bridgehead atoms. The Morgan fingerprint density at radius 1 is 1.16 bits per heavy atom. The van der Waals surface area contributed by atoms with E-state index < -0.39 is 18.0 Å². The molecule has 0 fully saturated rings. The molecule has 0 saturated carbocycles. The number of aliphatic hydroxyl groups is 1. The Morgan fingerprint density at radius 3 is 2.32 bits per heavy atom. The zero-order valence-electron chi connectivity index (χ0n) is 14.6. The van der Waals surface area contributed by atoms with E-state index in [-0.39, 0.29) is 12.0 Å². The maximum atomic E-state index is 11.6. The molecule has 2 unspecified atom stereocenters. The molecular formula is C20H23ClO4. The molecule has 0 amide bonds. The molecule has 0 spiro atoms. The summed E-state index contributed by atoms with van der Waals surface area (Å²) in [5.74, 6) is -1.30. The molecule has 25 heavy (non-hydrogen) atoms. The van der Waals surface area contributed by atoms with E-state index in [1.807, 2.05) is 45.0 Å². The highest BCUT2D eigenvalue weighted by Crippen LogP contribution is 2.28. The van der Waals surface area contributed by atoms with Crippen LogP contribution in [-0.4, -0.2) is 21.8 Å². The standard InChI is InChI=1S/C20H23ClO4/c1-20(2,3)25-16-9-7-13(8-10-16)11-17(19(23)24)18(22)14-5-4-6-15(21)12-14/h4-10,12,17-18,22H,11H2,1-3H3,(H,23,24). The highest BCUT2D eigenvalue weighted by Gasteiger charge is 2.28. The van der Waals surface area contributed by atoms with Crippen LogP contribution in [0.4, 0.5) is 0 Å². The van der Waals surface area contributed by atoms with E-state index in [0.717, 1.165) is 11.3 Å². The van der Waals surface area contributed by atoms with Crippen molar-refractivity contribution >= 4 is 17.6 Å². The summed E-state index contributed by atoms with van der Waals surface area (Å²) < 4.78 is 5.76. The van der Waals surface area contributed by atoms with Crippen molar-refractivity contribution < 1.29 is 19.7 Å². The number of aliphatic hydroxyl groups excluding tert-OH is 1. The highest BCUT2D eigenvalue weighted by atomic mass is 35.5. The first kappa shape index (κ1) is 19.3. The molecule has 2 N–H and O–H groups in total. The Labute approximate surface area is 153 Å². The monoisotopic (exact) mass is 362 g/mol. The molecule has 134 valence electrons. The van der Waals surface area contributed by atoms with Crippen molar-refractivity contribution in [2.75, 3.05) is 0 Å². The summed E-state index contributed by atoms with van der Waals surface area (Å²) in [6.45, 7) is 5.88. The van der Waals surface area contributed by atoms with Crippen LogP contribution in [0, 0.1) is 5.92 Å². The Balaban J connectivity index is 2.15. The fraction of sp³-hybridized carbons (Fsp3) is 0.350. The number of carboxylic acid groups (broad SMARTS) is 1. The van der Waals surface area contributed by atoms with Crippen LogP contribution < -0.4 is 4.74 Å². The second-order valence-corrected chi connectivity index (χ2v) is 7.44. The minimum atomic E-state index is -1.14. The van der Waals surface area contributed by atoms with Crippen molar-refractivity contribution in [3.05, 3.63) is 64.7 Å². The lowest BCUT2D eigenvalue weighted by atomic mass is 9.90. The van der Waals surface area contributed by atoms with Gasteiger partial charge in [0.25, 0.3) is 0 Å². The van der Waals surface area contributed by atoms with Gasteiger partial charge in [-0.05, 0) is 62.6 Å². The number of benzene rings is 2. The quantitative estimate of drug-likeness (QED) is 0.794. The molecule has 0 radical (unpaired) electrons. The van der Waals surface area contributed by atoms with Gasteiger partial charge in [0.15, 0.2) is 0 Å². The number of hydrogen-bond acceptors (Lipinski definition) is 3. The smallest absolute Gasteiger partial charge is 0.309 e. The third-order valence-electron chi connectivity index (χ3n) is 3.69. The summed E-state index contributed by atoms with van der Waals surface area (Å²) in [6, 6.07) is 13.9. The number of rotatable bonds is 6. The number of carboxylic acids is 1. The van der Waals surface area contributed by atoms with Crippen LogP contribution in [0.25, 0.3) is 0 Å². The highest BCUT2D eigenvalue weighted by molar-refractivity contribution is 6.30. The van der Waals surface area contributed by atoms with E-state index in [2.05, 4.69) is 0 Å². The average Bonchev–Trinajstić information content (AvgIpc) is 2.52. The molecule has 0 aliphatic rings. The molecular weight excluding hydrogens is 340 g/mol. The second kappa shape index (κ2) is 7.89. The third-order valence-corrected chi connectivity index (χ3v) is 3.93. The average molecular weight is 363 g/mol. The summed E-state index contributed by atoms with van der Waals surface area (Å²) in [4.78, 5) is 11.6. The van der Waals surface area contributed by atoms with E-state index in [4.69, 9.17) is 16.3 Å². The van der Waals surface area contributed by atoms with Crippen LogP contribution in [0.1, 0.15) is 38.0 Å². The summed E-state index contributed by atoms with van der Waals surface area (Å²) >= 11 is 5.93. The van der Waals surface area contributed by atoms with Crippen LogP contribution in [-0.2, 0) is 11.2 Å². The molecule has 0 aromatic heterocycles. The fourth-order valence-electron chi connectivity index (χ4n) is 2.56. The number of carbonyl (C=O) groups is 1. The molecule has 0 heterocycles. The lowest BCUT2D eigenvalue weighted by Gasteiger charge is -2.22. The second-order valence-electron chi connectivity index (χ2n) is 7.01. The Bertz CT molecular complexity index is 719. The Kier molecular flexibility index (Phi) is 6.09. The lowest BCUT2D eigenvalue weighted by Crippen LogP contribution is -2.24. The van der Waals surface area contributed by atoms with Crippen LogP contribution in [0.3, 0.4) is 0 Å². The number of halogens is 1. The SMILES string of the molecule is CC(C)(C)Oc1ccc(CC(C(=O)O)C(O)c2cccc(Cl)c2)cc1. The van der Waals surface area contributed by atoms with Crippen molar-refractivity contribution in [3.8, 4) is 5.75 Å². The molecule has 0 aliphatic carbocycles. The van der Waals surface area contributed by atoms with Gasteiger partial charge in [-0.25, -0.2) is 0 Å². The summed E-state index contributed by atoms with van der Waals surface area (Å²) in [5.41, 5.74) is 1.01. The van der Waals surface area contributed by atoms with E-state index in [9.17, 15) is 15.0 Å². The topological polar surface area (TPSA) is 66.8 Å². The maximum Gasteiger partial charge on any atom is 0.309 e. The normalized spacial score (nSPS) is 14.0. The molecule has 2 atom stereocenters. The zero-order chi connectivity index (χ0) is 18.6. The largest absolute Gasteiger partial charge is 0.488 e. The zero-order valence-corrected chi connectivity index (χ0v) is 15.3. The Hall–Kier alpha value is -2.04. The van der Waals surface area contributed by atoms with Gasteiger partial charge in [0.2, 0.25) is 0 Å². The molecule has 0 aliphatic heterocycles. The van der Waals surface area contributed by atoms with Crippen molar-refractivity contribution in [2.24, 2.45) is 5.92 Å². The van der Waals surface area contributed by atoms with Crippen LogP contribution in [0.5, 0.6) is 5.75 Å². The summed E-state index contributed by atoms with van der Waals surface area (Å²) in [5, 5.41) is 20.5. The molecule has 2 aromatic rings. The van der Waals surface area contributed by atoms with E-state index in [0.29, 0.717) is 10.6 Å². The number of hydrogen-bond donors (Lipinski definition) is 2. The van der Waals surface area contributed by atoms with Crippen molar-refractivity contribution in [3.63, 3.8) is 0 Å². The first-order valence-corrected chi connectivity index (χ1v) is 8.48. The van der Waals surface area contributed by atoms with E-state index in [1.165, 1.54) is 0 Å². The van der Waals surface area contributed by atoms with E-state index in [1.54, 1.807) is 24.3 Å². The summed E-state index contributed by atoms with van der Waals surface area (Å²) in [7, 11) is 0. The predicted octanol–water partition coefficient (Wildman–Crippen LogP) is 4.49. The predicted molar refractivity (Wildman–Crippen MR) is 98.1 cm³/mol. The van der Waals surface area contributed by atoms with Gasteiger partial charge in [0, 0.05) is 5.02 Å². The van der Waals surface area contributed by atoms with Gasteiger partial charge in [0.1, 0.15) is 11.4 Å². The number of aliphatic carboxylic acids is 1. The van der Waals surface area contributed by atoms with Crippen LogP contribution >= 0.6 is 11.6 Å². The first-order valence-electron chi connectivity index (χ1n) is 8.10. The molecule has 5 heteroatoms. The van der Waals surface area contributed by atoms with Gasteiger partial charge in [-0.15, -0.1) is 0 Å². The summed E-state index contributed by atoms with van der Waals surface area (Å²) in [6.07, 6.45) is -0.930. The van der Waals surface area contributed by atoms with Gasteiger partial charge in [-0.1, -0.05) is 35.9 Å². The van der Waals surface area contributed by atoms with Crippen LogP contribution in [0.15, 0.2) is 48.5 Å². The van der Waals surface area contributed by atoms with Crippen molar-refractivity contribution in [1.82, 2.24) is 0 Å². The van der Waals surface area contributed by atoms with Crippen molar-refractivity contribution in [1.29, 1.82) is 0 Å². The lowest BCUT2D eigenvalue weighted by molar-refractivity contribution is -0.145. The Morgan fingerprint density at radius 2 is 1.80 bits per heavy atom. The van der Waals surface area contributed by atoms with E-state index >= 15 is 0 Å². The third kappa shape index (κ3) is 5.76. The van der Waals surface area contributed by atoms with Gasteiger partial charge in [-0.3, -0.25) is 4.79 Å². The number of ether oxygens (including phenoxy) is 1. The van der Waals surface area contributed by atoms with Gasteiger partial charge < -0.3 is 14.9 Å².